The minimum atomic E-state index is -1.58. The van der Waals surface area contributed by atoms with Gasteiger partial charge < -0.3 is 10.1 Å². The predicted octanol–water partition coefficient (Wildman–Crippen LogP) is 2.40. The van der Waals surface area contributed by atoms with Gasteiger partial charge in [0, 0.05) is 17.2 Å². The fourth-order valence-electron chi connectivity index (χ4n) is 2.28. The predicted molar refractivity (Wildman–Crippen MR) is 89.8 cm³/mol. The number of nitrogens with one attached hydrogen (secondary N) is 1. The Morgan fingerprint density at radius 1 is 1.24 bits per heavy atom. The van der Waals surface area contributed by atoms with Crippen LogP contribution in [0.5, 0.6) is 0 Å². The fourth-order valence-corrected chi connectivity index (χ4v) is 2.41. The number of carbonyl (C=O) groups is 1. The molecular weight excluding hydrogens is 350 g/mol. The van der Waals surface area contributed by atoms with Gasteiger partial charge in [0.2, 0.25) is 5.78 Å². The van der Waals surface area contributed by atoms with Crippen LogP contribution in [0.2, 0.25) is 5.02 Å². The second-order valence-electron chi connectivity index (χ2n) is 5.19. The van der Waals surface area contributed by atoms with E-state index in [-0.39, 0.29) is 22.3 Å². The number of nitro groups is 1. The van der Waals surface area contributed by atoms with Gasteiger partial charge in [0.05, 0.1) is 16.0 Å². The average molecular weight is 360 g/mol. The monoisotopic (exact) mass is 359 g/mol. The van der Waals surface area contributed by atoms with Gasteiger partial charge in [0.25, 0.3) is 11.2 Å². The molecule has 2 N–H and O–H groups in total. The number of halogens is 1. The van der Waals surface area contributed by atoms with Crippen molar-refractivity contribution in [3.63, 3.8) is 0 Å². The molecule has 0 saturated heterocycles. The van der Waals surface area contributed by atoms with Gasteiger partial charge in [-0.2, -0.15) is 0 Å². The van der Waals surface area contributed by atoms with Crippen molar-refractivity contribution in [2.45, 2.75) is 6.10 Å². The van der Waals surface area contributed by atoms with Crippen LogP contribution in [0.1, 0.15) is 22.2 Å². The van der Waals surface area contributed by atoms with Gasteiger partial charge in [-0.25, -0.2) is 4.98 Å². The normalized spacial score (nSPS) is 12.1. The lowest BCUT2D eigenvalue weighted by molar-refractivity contribution is -0.384. The molecule has 0 radical (unpaired) electrons. The summed E-state index contributed by atoms with van der Waals surface area (Å²) >= 11 is 5.76. The second kappa shape index (κ2) is 6.42. The first-order chi connectivity index (χ1) is 11.9. The van der Waals surface area contributed by atoms with E-state index in [1.165, 1.54) is 36.4 Å². The molecule has 0 aliphatic carbocycles. The number of nitrogens with zero attached hydrogens (tertiary/aromatic N) is 2. The Kier molecular flexibility index (Phi) is 4.30. The lowest BCUT2D eigenvalue weighted by Gasteiger charge is -2.09. The number of aromatic nitrogens is 2. The zero-order chi connectivity index (χ0) is 18.1. The second-order valence-corrected chi connectivity index (χ2v) is 5.63. The molecule has 3 aromatic rings. The molecule has 0 spiro atoms. The first-order valence-corrected chi connectivity index (χ1v) is 7.41. The van der Waals surface area contributed by atoms with Crippen LogP contribution in [-0.2, 0) is 0 Å². The van der Waals surface area contributed by atoms with Crippen LogP contribution < -0.4 is 5.56 Å². The molecule has 0 aliphatic rings. The van der Waals surface area contributed by atoms with E-state index in [0.717, 1.165) is 6.07 Å². The zero-order valence-corrected chi connectivity index (χ0v) is 13.2. The van der Waals surface area contributed by atoms with Crippen molar-refractivity contribution in [1.29, 1.82) is 0 Å². The van der Waals surface area contributed by atoms with Crippen molar-refractivity contribution in [2.24, 2.45) is 0 Å². The molecule has 2 aromatic carbocycles. The highest BCUT2D eigenvalue weighted by Crippen LogP contribution is 2.21. The first-order valence-electron chi connectivity index (χ1n) is 7.03. The minimum Gasteiger partial charge on any atom is -0.380 e. The number of rotatable bonds is 4. The summed E-state index contributed by atoms with van der Waals surface area (Å²) < 4.78 is 0. The lowest BCUT2D eigenvalue weighted by Crippen LogP contribution is -2.24. The molecule has 1 atom stereocenters. The summed E-state index contributed by atoms with van der Waals surface area (Å²) in [6, 6.07) is 9.60. The molecule has 1 aromatic heterocycles. The third kappa shape index (κ3) is 3.25. The smallest absolute Gasteiger partial charge is 0.278 e. The molecule has 0 aliphatic heterocycles. The van der Waals surface area contributed by atoms with Crippen LogP contribution in [0.15, 0.2) is 47.3 Å². The van der Waals surface area contributed by atoms with E-state index in [1.807, 2.05) is 0 Å². The Hall–Kier alpha value is -3.10. The van der Waals surface area contributed by atoms with Gasteiger partial charge in [-0.05, 0) is 23.8 Å². The van der Waals surface area contributed by atoms with Gasteiger partial charge in [-0.3, -0.25) is 19.7 Å². The molecule has 0 bridgehead atoms. The van der Waals surface area contributed by atoms with Gasteiger partial charge in [0.15, 0.2) is 5.69 Å². The van der Waals surface area contributed by atoms with E-state index in [1.54, 1.807) is 0 Å². The molecule has 8 nitrogen and oxygen atoms in total. The zero-order valence-electron chi connectivity index (χ0n) is 12.5. The Morgan fingerprint density at radius 2 is 1.92 bits per heavy atom. The summed E-state index contributed by atoms with van der Waals surface area (Å²) in [5.41, 5.74) is -0.965. The molecular formula is C16H10ClN3O5. The number of nitro benzene ring substituents is 1. The molecule has 0 unspecified atom stereocenters. The number of non-ortho nitro benzene ring substituents is 1. The molecule has 25 heavy (non-hydrogen) atoms. The lowest BCUT2D eigenvalue weighted by atomic mass is 10.0. The molecule has 3 rings (SSSR count). The highest BCUT2D eigenvalue weighted by atomic mass is 35.5. The third-order valence-corrected chi connectivity index (χ3v) is 3.81. The number of aliphatic hydroxyl groups excluding tert-OH is 1. The van der Waals surface area contributed by atoms with Gasteiger partial charge in [-0.15, -0.1) is 0 Å². The number of Topliss-reactive ketones (excluding diaryl/α,β-unsaturated/α-hetero) is 1. The highest BCUT2D eigenvalue weighted by Gasteiger charge is 2.24. The molecule has 9 heteroatoms. The third-order valence-electron chi connectivity index (χ3n) is 3.55. The van der Waals surface area contributed by atoms with Crippen LogP contribution >= 0.6 is 11.6 Å². The number of H-pyrrole nitrogens is 1. The number of ketones is 1. The number of aromatic amines is 1. The first kappa shape index (κ1) is 16.7. The summed E-state index contributed by atoms with van der Waals surface area (Å²) in [7, 11) is 0. The molecule has 1 heterocycles. The molecule has 0 saturated carbocycles. The number of carbonyl (C=O) groups excluding carboxylic acids is 1. The number of aliphatic hydroxyl groups is 1. The van der Waals surface area contributed by atoms with Crippen LogP contribution in [0.25, 0.3) is 11.0 Å². The van der Waals surface area contributed by atoms with Gasteiger partial charge >= 0.3 is 0 Å². The van der Waals surface area contributed by atoms with Crippen LogP contribution in [0, 0.1) is 10.1 Å². The van der Waals surface area contributed by atoms with Crippen molar-refractivity contribution in [1.82, 2.24) is 9.97 Å². The van der Waals surface area contributed by atoms with E-state index in [9.17, 15) is 24.8 Å². The van der Waals surface area contributed by atoms with E-state index in [4.69, 9.17) is 11.6 Å². The summed E-state index contributed by atoms with van der Waals surface area (Å²) in [5, 5.41) is 21.4. The Morgan fingerprint density at radius 3 is 2.56 bits per heavy atom. The maximum absolute atomic E-state index is 12.4. The fraction of sp³-hybridized carbons (Fsp3) is 0.0625. The van der Waals surface area contributed by atoms with Crippen molar-refractivity contribution < 1.29 is 14.8 Å². The van der Waals surface area contributed by atoms with E-state index >= 15 is 0 Å². The topological polar surface area (TPSA) is 126 Å². The summed E-state index contributed by atoms with van der Waals surface area (Å²) in [6.45, 7) is 0. The number of fused-ring (bicyclic) bond motifs is 1. The average Bonchev–Trinajstić information content (AvgIpc) is 2.60. The van der Waals surface area contributed by atoms with Crippen molar-refractivity contribution in [3.05, 3.63) is 79.2 Å². The van der Waals surface area contributed by atoms with E-state index in [0.29, 0.717) is 5.02 Å². The maximum atomic E-state index is 12.4. The van der Waals surface area contributed by atoms with Crippen molar-refractivity contribution >= 4 is 34.1 Å². The Balaban J connectivity index is 2.02. The molecule has 126 valence electrons. The van der Waals surface area contributed by atoms with Crippen LogP contribution in [0.3, 0.4) is 0 Å². The Labute approximate surface area is 144 Å². The summed E-state index contributed by atoms with van der Waals surface area (Å²) in [5.74, 6) is -0.885. The summed E-state index contributed by atoms with van der Waals surface area (Å²) in [6.07, 6.45) is -1.58. The minimum absolute atomic E-state index is 0.122. The standard InChI is InChI=1S/C16H10ClN3O5/c17-9-3-1-8(2-4-9)14(21)15(22)13-16(23)19-12-7-10(20(24)25)5-6-11(12)18-13/h1-7,14,21H,(H,19,23)/t14-/m1/s1. The number of hydrogen-bond acceptors (Lipinski definition) is 6. The van der Waals surface area contributed by atoms with Gasteiger partial charge in [0.1, 0.15) is 6.10 Å². The summed E-state index contributed by atoms with van der Waals surface area (Å²) in [4.78, 5) is 41.0. The molecule has 0 amide bonds. The Bertz CT molecular complexity index is 1050. The maximum Gasteiger partial charge on any atom is 0.278 e. The highest BCUT2D eigenvalue weighted by molar-refractivity contribution is 6.30. The van der Waals surface area contributed by atoms with Crippen molar-refractivity contribution in [3.8, 4) is 0 Å². The quantitative estimate of drug-likeness (QED) is 0.418. The van der Waals surface area contributed by atoms with Gasteiger partial charge in [-0.1, -0.05) is 23.7 Å². The SMILES string of the molecule is O=C(c1nc2ccc([N+](=O)[O-])cc2[nH]c1=O)[C@H](O)c1ccc(Cl)cc1. The van der Waals surface area contributed by atoms with E-state index in [2.05, 4.69) is 9.97 Å². The van der Waals surface area contributed by atoms with Crippen molar-refractivity contribution in [2.75, 3.05) is 0 Å². The largest absolute Gasteiger partial charge is 0.380 e. The molecule has 0 fully saturated rings. The van der Waals surface area contributed by atoms with Crippen LogP contribution in [0.4, 0.5) is 5.69 Å². The number of benzene rings is 2. The number of hydrogen-bond donors (Lipinski definition) is 2. The van der Waals surface area contributed by atoms with Crippen LogP contribution in [-0.4, -0.2) is 25.8 Å². The van der Waals surface area contributed by atoms with E-state index < -0.39 is 28.1 Å².